The van der Waals surface area contributed by atoms with E-state index in [4.69, 9.17) is 0 Å². The van der Waals surface area contributed by atoms with Crippen LogP contribution in [0.25, 0.3) is 0 Å². The summed E-state index contributed by atoms with van der Waals surface area (Å²) in [5.41, 5.74) is 0.154. The molecular formula is C13H18FNO. The van der Waals surface area contributed by atoms with E-state index >= 15 is 0 Å². The fourth-order valence-corrected chi connectivity index (χ4v) is 1.54. The second-order valence-corrected chi connectivity index (χ2v) is 3.91. The van der Waals surface area contributed by atoms with Crippen LogP contribution in [0.15, 0.2) is 24.3 Å². The lowest BCUT2D eigenvalue weighted by atomic mass is 10.2. The molecule has 0 radical (unpaired) electrons. The van der Waals surface area contributed by atoms with Gasteiger partial charge in [0.2, 0.25) is 0 Å². The zero-order valence-corrected chi connectivity index (χ0v) is 9.87. The van der Waals surface area contributed by atoms with Crippen molar-refractivity contribution in [2.24, 2.45) is 0 Å². The quantitative estimate of drug-likeness (QED) is 0.702. The van der Waals surface area contributed by atoms with E-state index in [0.29, 0.717) is 6.54 Å². The Balaban J connectivity index is 2.60. The van der Waals surface area contributed by atoms with Gasteiger partial charge in [-0.05, 0) is 18.6 Å². The Kier molecular flexibility index (Phi) is 4.96. The highest BCUT2D eigenvalue weighted by atomic mass is 19.1. The Morgan fingerprint density at radius 2 is 2.00 bits per heavy atom. The van der Waals surface area contributed by atoms with Crippen LogP contribution in [0.3, 0.4) is 0 Å². The number of carbonyl (C=O) groups excluding carboxylic acids is 1. The highest BCUT2D eigenvalue weighted by Crippen LogP contribution is 2.09. The number of rotatable bonds is 5. The van der Waals surface area contributed by atoms with Gasteiger partial charge in [0, 0.05) is 13.6 Å². The van der Waals surface area contributed by atoms with Gasteiger partial charge in [-0.2, -0.15) is 0 Å². The standard InChI is InChI=1S/C13H18FNO/c1-3-4-7-10-15(2)13(16)11-8-5-6-9-12(11)14/h5-6,8-9H,3-4,7,10H2,1-2H3. The first-order valence-electron chi connectivity index (χ1n) is 5.66. The van der Waals surface area contributed by atoms with Gasteiger partial charge >= 0.3 is 0 Å². The number of amides is 1. The second-order valence-electron chi connectivity index (χ2n) is 3.91. The summed E-state index contributed by atoms with van der Waals surface area (Å²) in [6.45, 7) is 2.79. The summed E-state index contributed by atoms with van der Waals surface area (Å²) in [7, 11) is 1.71. The highest BCUT2D eigenvalue weighted by Gasteiger charge is 2.14. The molecule has 88 valence electrons. The van der Waals surface area contributed by atoms with Crippen LogP contribution in [0.1, 0.15) is 36.5 Å². The fourth-order valence-electron chi connectivity index (χ4n) is 1.54. The van der Waals surface area contributed by atoms with Crippen LogP contribution in [-0.4, -0.2) is 24.4 Å². The maximum absolute atomic E-state index is 13.3. The molecule has 0 saturated heterocycles. The number of halogens is 1. The summed E-state index contributed by atoms with van der Waals surface area (Å²) < 4.78 is 13.3. The molecule has 1 aromatic carbocycles. The van der Waals surface area contributed by atoms with Crippen LogP contribution in [0.2, 0.25) is 0 Å². The van der Waals surface area contributed by atoms with Gasteiger partial charge in [0.15, 0.2) is 0 Å². The molecular weight excluding hydrogens is 205 g/mol. The molecule has 0 bridgehead atoms. The predicted molar refractivity (Wildman–Crippen MR) is 62.9 cm³/mol. The molecule has 16 heavy (non-hydrogen) atoms. The summed E-state index contributed by atoms with van der Waals surface area (Å²) in [4.78, 5) is 13.4. The first-order valence-corrected chi connectivity index (χ1v) is 5.66. The van der Waals surface area contributed by atoms with Crippen LogP contribution in [0.4, 0.5) is 4.39 Å². The third-order valence-corrected chi connectivity index (χ3v) is 2.55. The lowest BCUT2D eigenvalue weighted by molar-refractivity contribution is 0.0788. The van der Waals surface area contributed by atoms with Crippen molar-refractivity contribution in [3.63, 3.8) is 0 Å². The minimum absolute atomic E-state index is 0.154. The van der Waals surface area contributed by atoms with Crippen molar-refractivity contribution in [3.8, 4) is 0 Å². The molecule has 2 nitrogen and oxygen atoms in total. The van der Waals surface area contributed by atoms with Crippen molar-refractivity contribution in [3.05, 3.63) is 35.6 Å². The topological polar surface area (TPSA) is 20.3 Å². The molecule has 0 atom stereocenters. The van der Waals surface area contributed by atoms with Crippen molar-refractivity contribution in [1.29, 1.82) is 0 Å². The maximum Gasteiger partial charge on any atom is 0.256 e. The molecule has 3 heteroatoms. The first kappa shape index (κ1) is 12.7. The molecule has 0 aliphatic carbocycles. The van der Waals surface area contributed by atoms with Crippen LogP contribution in [0.5, 0.6) is 0 Å². The Hall–Kier alpha value is -1.38. The smallest absolute Gasteiger partial charge is 0.256 e. The SMILES string of the molecule is CCCCCN(C)C(=O)c1ccccc1F. The minimum Gasteiger partial charge on any atom is -0.342 e. The number of benzene rings is 1. The van der Waals surface area contributed by atoms with Gasteiger partial charge < -0.3 is 4.90 Å². The van der Waals surface area contributed by atoms with Crippen LogP contribution < -0.4 is 0 Å². The molecule has 0 unspecified atom stereocenters. The fraction of sp³-hybridized carbons (Fsp3) is 0.462. The van der Waals surface area contributed by atoms with Gasteiger partial charge in [0.25, 0.3) is 5.91 Å². The average molecular weight is 223 g/mol. The van der Waals surface area contributed by atoms with Gasteiger partial charge in [-0.25, -0.2) is 4.39 Å². The number of nitrogens with zero attached hydrogens (tertiary/aromatic N) is 1. The average Bonchev–Trinajstić information content (AvgIpc) is 2.29. The van der Waals surface area contributed by atoms with E-state index in [1.165, 1.54) is 12.1 Å². The first-order chi connectivity index (χ1) is 7.66. The monoisotopic (exact) mass is 223 g/mol. The lowest BCUT2D eigenvalue weighted by Gasteiger charge is -2.17. The molecule has 1 amide bonds. The van der Waals surface area contributed by atoms with E-state index in [1.54, 1.807) is 24.1 Å². The summed E-state index contributed by atoms with van der Waals surface area (Å²) in [6.07, 6.45) is 3.17. The molecule has 0 aliphatic heterocycles. The summed E-state index contributed by atoms with van der Waals surface area (Å²) in [6, 6.07) is 6.10. The Morgan fingerprint density at radius 3 is 2.62 bits per heavy atom. The van der Waals surface area contributed by atoms with E-state index in [1.807, 2.05) is 0 Å². The molecule has 0 aromatic heterocycles. The van der Waals surface area contributed by atoms with Crippen molar-refractivity contribution in [2.75, 3.05) is 13.6 Å². The Labute approximate surface area is 96.1 Å². The van der Waals surface area contributed by atoms with E-state index in [9.17, 15) is 9.18 Å². The lowest BCUT2D eigenvalue weighted by Crippen LogP contribution is -2.28. The number of carbonyl (C=O) groups is 1. The molecule has 0 saturated carbocycles. The molecule has 0 heterocycles. The third kappa shape index (κ3) is 3.33. The van der Waals surface area contributed by atoms with Crippen LogP contribution >= 0.6 is 0 Å². The van der Waals surface area contributed by atoms with Crippen molar-refractivity contribution >= 4 is 5.91 Å². The van der Waals surface area contributed by atoms with E-state index in [0.717, 1.165) is 19.3 Å². The molecule has 0 fully saturated rings. The highest BCUT2D eigenvalue weighted by molar-refractivity contribution is 5.94. The van der Waals surface area contributed by atoms with Crippen molar-refractivity contribution in [2.45, 2.75) is 26.2 Å². The Morgan fingerprint density at radius 1 is 1.31 bits per heavy atom. The van der Waals surface area contributed by atoms with Gasteiger partial charge in [0.1, 0.15) is 5.82 Å². The summed E-state index contributed by atoms with van der Waals surface area (Å²) in [5.74, 6) is -0.691. The summed E-state index contributed by atoms with van der Waals surface area (Å²) >= 11 is 0. The minimum atomic E-state index is -0.449. The van der Waals surface area contributed by atoms with Crippen LogP contribution in [-0.2, 0) is 0 Å². The van der Waals surface area contributed by atoms with Gasteiger partial charge in [-0.3, -0.25) is 4.79 Å². The van der Waals surface area contributed by atoms with E-state index in [-0.39, 0.29) is 11.5 Å². The number of unbranched alkanes of at least 4 members (excludes halogenated alkanes) is 2. The summed E-state index contributed by atoms with van der Waals surface area (Å²) in [5, 5.41) is 0. The molecule has 0 spiro atoms. The van der Waals surface area contributed by atoms with Crippen molar-refractivity contribution in [1.82, 2.24) is 4.90 Å². The molecule has 0 N–H and O–H groups in total. The molecule has 1 rings (SSSR count). The molecule has 1 aromatic rings. The second kappa shape index (κ2) is 6.26. The number of hydrogen-bond donors (Lipinski definition) is 0. The van der Waals surface area contributed by atoms with E-state index in [2.05, 4.69) is 6.92 Å². The molecule has 0 aliphatic rings. The van der Waals surface area contributed by atoms with Crippen molar-refractivity contribution < 1.29 is 9.18 Å². The predicted octanol–water partition coefficient (Wildman–Crippen LogP) is 3.09. The normalized spacial score (nSPS) is 10.2. The maximum atomic E-state index is 13.3. The van der Waals surface area contributed by atoms with E-state index < -0.39 is 5.82 Å². The Bertz CT molecular complexity index is 352. The van der Waals surface area contributed by atoms with Gasteiger partial charge in [-0.1, -0.05) is 31.9 Å². The van der Waals surface area contributed by atoms with Crippen LogP contribution in [0, 0.1) is 5.82 Å². The third-order valence-electron chi connectivity index (χ3n) is 2.55. The largest absolute Gasteiger partial charge is 0.342 e. The zero-order chi connectivity index (χ0) is 12.0. The van der Waals surface area contributed by atoms with Gasteiger partial charge in [-0.15, -0.1) is 0 Å². The zero-order valence-electron chi connectivity index (χ0n) is 9.87. The number of hydrogen-bond acceptors (Lipinski definition) is 1. The van der Waals surface area contributed by atoms with Gasteiger partial charge in [0.05, 0.1) is 5.56 Å².